The molecule has 5 rings (SSSR count). The molecule has 1 fully saturated rings. The van der Waals surface area contributed by atoms with E-state index in [2.05, 4.69) is 30.1 Å². The average molecular weight is 306 g/mol. The van der Waals surface area contributed by atoms with Crippen LogP contribution in [0.25, 0.3) is 10.9 Å². The molecule has 1 aromatic heterocycles. The number of fused-ring (bicyclic) bond motifs is 4. The Labute approximate surface area is 134 Å². The molecule has 3 heterocycles. The summed E-state index contributed by atoms with van der Waals surface area (Å²) in [6.45, 7) is 3.49. The Balaban J connectivity index is 0.000000122. The first-order valence-corrected chi connectivity index (χ1v) is 7.80. The van der Waals surface area contributed by atoms with Crippen LogP contribution in [0.3, 0.4) is 0 Å². The Kier molecular flexibility index (Phi) is 3.39. The van der Waals surface area contributed by atoms with Crippen molar-refractivity contribution in [3.05, 3.63) is 71.4 Å². The Bertz CT molecular complexity index is 868. The van der Waals surface area contributed by atoms with Crippen LogP contribution in [0.4, 0.5) is 0 Å². The molecule has 0 bridgehead atoms. The molecule has 2 aromatic carbocycles. The summed E-state index contributed by atoms with van der Waals surface area (Å²) in [5, 5.41) is 1.32. The molecule has 1 saturated heterocycles. The van der Waals surface area contributed by atoms with E-state index >= 15 is 0 Å². The number of amides is 1. The van der Waals surface area contributed by atoms with Gasteiger partial charge in [0.2, 0.25) is 0 Å². The monoisotopic (exact) mass is 306 g/mol. The zero-order valence-electron chi connectivity index (χ0n) is 13.0. The van der Waals surface area contributed by atoms with Crippen LogP contribution in [0.15, 0.2) is 54.7 Å². The first-order chi connectivity index (χ1) is 11.3. The summed E-state index contributed by atoms with van der Waals surface area (Å²) >= 11 is 0. The molecule has 3 aromatic rings. The minimum absolute atomic E-state index is 0.108. The van der Waals surface area contributed by atoms with E-state index in [4.69, 9.17) is 4.74 Å². The molecule has 116 valence electrons. The number of benzene rings is 2. The number of ether oxygens (including phenoxy) is 1. The van der Waals surface area contributed by atoms with Crippen molar-refractivity contribution < 1.29 is 9.53 Å². The van der Waals surface area contributed by atoms with Gasteiger partial charge < -0.3 is 14.6 Å². The van der Waals surface area contributed by atoms with E-state index < -0.39 is 0 Å². The van der Waals surface area contributed by atoms with Gasteiger partial charge in [-0.15, -0.1) is 0 Å². The molecule has 0 spiro atoms. The molecule has 2 aliphatic rings. The lowest BCUT2D eigenvalue weighted by molar-refractivity contribution is 0.0378. The normalized spacial score (nSPS) is 18.6. The van der Waals surface area contributed by atoms with Crippen molar-refractivity contribution in [3.8, 4) is 0 Å². The molecular formula is C19H18N2O2. The summed E-state index contributed by atoms with van der Waals surface area (Å²) in [6.07, 6.45) is 1.92. The lowest BCUT2D eigenvalue weighted by atomic mass is 10.1. The quantitative estimate of drug-likeness (QED) is 0.689. The number of aryl methyl sites for hydroxylation is 1. The van der Waals surface area contributed by atoms with E-state index in [0.29, 0.717) is 6.61 Å². The third-order valence-electron chi connectivity index (χ3n) is 4.41. The first kappa shape index (κ1) is 14.0. The molecule has 4 heteroatoms. The van der Waals surface area contributed by atoms with Gasteiger partial charge in [0.15, 0.2) is 6.23 Å². The largest absolute Gasteiger partial charge is 0.361 e. The summed E-state index contributed by atoms with van der Waals surface area (Å²) in [5.74, 6) is 0.109. The van der Waals surface area contributed by atoms with Crippen LogP contribution in [0.2, 0.25) is 0 Å². The topological polar surface area (TPSA) is 45.3 Å². The maximum Gasteiger partial charge on any atom is 0.256 e. The van der Waals surface area contributed by atoms with Crippen LogP contribution >= 0.6 is 0 Å². The van der Waals surface area contributed by atoms with Crippen LogP contribution in [0.5, 0.6) is 0 Å². The Hall–Kier alpha value is -2.59. The highest BCUT2D eigenvalue weighted by Gasteiger charge is 2.40. The van der Waals surface area contributed by atoms with Crippen LogP contribution in [0.1, 0.15) is 27.7 Å². The summed E-state index contributed by atoms with van der Waals surface area (Å²) in [6, 6.07) is 16.0. The van der Waals surface area contributed by atoms with Crippen LogP contribution in [-0.2, 0) is 4.74 Å². The highest BCUT2D eigenvalue weighted by Crippen LogP contribution is 2.36. The second-order valence-electron chi connectivity index (χ2n) is 5.83. The van der Waals surface area contributed by atoms with Crippen molar-refractivity contribution in [1.82, 2.24) is 9.88 Å². The SMILES string of the molecule is Cc1c[nH]c2ccccc12.O=C1c2ccccc2C2OCCN12. The Morgan fingerprint density at radius 3 is 2.78 bits per heavy atom. The van der Waals surface area contributed by atoms with Gasteiger partial charge in [-0.3, -0.25) is 4.79 Å². The second-order valence-corrected chi connectivity index (χ2v) is 5.83. The van der Waals surface area contributed by atoms with Gasteiger partial charge in [0.25, 0.3) is 5.91 Å². The molecule has 1 unspecified atom stereocenters. The highest BCUT2D eigenvalue weighted by atomic mass is 16.5. The Morgan fingerprint density at radius 1 is 1.13 bits per heavy atom. The zero-order chi connectivity index (χ0) is 15.8. The molecule has 2 aliphatic heterocycles. The number of hydrogen-bond donors (Lipinski definition) is 1. The molecule has 1 atom stereocenters. The maximum atomic E-state index is 11.7. The number of nitrogens with one attached hydrogen (secondary N) is 1. The number of H-pyrrole nitrogens is 1. The molecular weight excluding hydrogens is 288 g/mol. The number of aromatic amines is 1. The maximum absolute atomic E-state index is 11.7. The van der Waals surface area contributed by atoms with Gasteiger partial charge in [0.05, 0.1) is 6.61 Å². The van der Waals surface area contributed by atoms with E-state index in [1.807, 2.05) is 36.5 Å². The predicted octanol–water partition coefficient (Wildman–Crippen LogP) is 3.65. The van der Waals surface area contributed by atoms with Crippen molar-refractivity contribution in [2.24, 2.45) is 0 Å². The zero-order valence-corrected chi connectivity index (χ0v) is 13.0. The summed E-state index contributed by atoms with van der Waals surface area (Å²) in [7, 11) is 0. The van der Waals surface area contributed by atoms with Crippen molar-refractivity contribution in [2.75, 3.05) is 13.2 Å². The van der Waals surface area contributed by atoms with Crippen molar-refractivity contribution >= 4 is 16.8 Å². The van der Waals surface area contributed by atoms with Crippen LogP contribution in [0, 0.1) is 6.92 Å². The van der Waals surface area contributed by atoms with E-state index in [0.717, 1.165) is 17.7 Å². The molecule has 23 heavy (non-hydrogen) atoms. The van der Waals surface area contributed by atoms with Crippen LogP contribution in [-0.4, -0.2) is 28.9 Å². The second kappa shape index (κ2) is 5.56. The van der Waals surface area contributed by atoms with Gasteiger partial charge in [-0.1, -0.05) is 36.4 Å². The van der Waals surface area contributed by atoms with Gasteiger partial charge in [-0.2, -0.15) is 0 Å². The Morgan fingerprint density at radius 2 is 1.91 bits per heavy atom. The molecule has 0 radical (unpaired) electrons. The standard InChI is InChI=1S/C10H9NO2.C9H9N/c12-9-7-3-1-2-4-8(7)10-11(9)5-6-13-10;1-7-6-10-9-5-3-2-4-8(7)9/h1-4,10H,5-6H2;2-6,10H,1H3. The summed E-state index contributed by atoms with van der Waals surface area (Å²) < 4.78 is 5.48. The smallest absolute Gasteiger partial charge is 0.256 e. The van der Waals surface area contributed by atoms with E-state index in [9.17, 15) is 4.79 Å². The molecule has 4 nitrogen and oxygen atoms in total. The number of nitrogens with zero attached hydrogens (tertiary/aromatic N) is 1. The predicted molar refractivity (Wildman–Crippen MR) is 89.2 cm³/mol. The van der Waals surface area contributed by atoms with E-state index in [1.165, 1.54) is 16.5 Å². The van der Waals surface area contributed by atoms with Gasteiger partial charge >= 0.3 is 0 Å². The number of hydrogen-bond acceptors (Lipinski definition) is 2. The fourth-order valence-corrected chi connectivity index (χ4v) is 3.21. The van der Waals surface area contributed by atoms with Crippen molar-refractivity contribution in [2.45, 2.75) is 13.2 Å². The minimum Gasteiger partial charge on any atom is -0.361 e. The number of para-hydroxylation sites is 1. The van der Waals surface area contributed by atoms with Gasteiger partial charge in [-0.05, 0) is 24.6 Å². The average Bonchev–Trinajstić information content (AvgIpc) is 3.28. The molecule has 0 aliphatic carbocycles. The van der Waals surface area contributed by atoms with Gasteiger partial charge in [0, 0.05) is 34.8 Å². The molecule has 1 amide bonds. The fourth-order valence-electron chi connectivity index (χ4n) is 3.21. The summed E-state index contributed by atoms with van der Waals surface area (Å²) in [5.41, 5.74) is 4.35. The molecule has 0 saturated carbocycles. The van der Waals surface area contributed by atoms with Crippen molar-refractivity contribution in [1.29, 1.82) is 0 Å². The number of aromatic nitrogens is 1. The van der Waals surface area contributed by atoms with E-state index in [1.54, 1.807) is 4.90 Å². The lowest BCUT2D eigenvalue weighted by Gasteiger charge is -2.12. The lowest BCUT2D eigenvalue weighted by Crippen LogP contribution is -2.23. The minimum atomic E-state index is -0.108. The third-order valence-corrected chi connectivity index (χ3v) is 4.41. The number of rotatable bonds is 0. The summed E-state index contributed by atoms with van der Waals surface area (Å²) in [4.78, 5) is 16.7. The van der Waals surface area contributed by atoms with Crippen LogP contribution < -0.4 is 0 Å². The number of carbonyl (C=O) groups excluding carboxylic acids is 1. The number of carbonyl (C=O) groups is 1. The van der Waals surface area contributed by atoms with E-state index in [-0.39, 0.29) is 12.1 Å². The third kappa shape index (κ3) is 2.32. The van der Waals surface area contributed by atoms with Gasteiger partial charge in [0.1, 0.15) is 0 Å². The van der Waals surface area contributed by atoms with Gasteiger partial charge in [-0.25, -0.2) is 0 Å². The van der Waals surface area contributed by atoms with Crippen molar-refractivity contribution in [3.63, 3.8) is 0 Å². The molecule has 1 N–H and O–H groups in total. The highest BCUT2D eigenvalue weighted by molar-refractivity contribution is 5.99. The first-order valence-electron chi connectivity index (χ1n) is 7.80. The fraction of sp³-hybridized carbons (Fsp3) is 0.211.